The lowest BCUT2D eigenvalue weighted by atomic mass is 10.1. The minimum Gasteiger partial charge on any atom is -0.328 e. The van der Waals surface area contributed by atoms with Crippen LogP contribution in [0, 0.1) is 11.6 Å². The first-order valence-corrected chi connectivity index (χ1v) is 9.30. The lowest BCUT2D eigenvalue weighted by molar-refractivity contribution is -0.159. The summed E-state index contributed by atoms with van der Waals surface area (Å²) in [6, 6.07) is 10.5. The number of halogens is 2. The van der Waals surface area contributed by atoms with Crippen LogP contribution in [0.4, 0.5) is 14.5 Å². The summed E-state index contributed by atoms with van der Waals surface area (Å²) in [6.07, 6.45) is 0.275. The van der Waals surface area contributed by atoms with Crippen LogP contribution < -0.4 is 5.32 Å². The van der Waals surface area contributed by atoms with E-state index in [-0.39, 0.29) is 37.6 Å². The van der Waals surface area contributed by atoms with Gasteiger partial charge < -0.3 is 15.1 Å². The third-order valence-corrected chi connectivity index (χ3v) is 4.83. The van der Waals surface area contributed by atoms with Gasteiger partial charge in [0, 0.05) is 19.6 Å². The van der Waals surface area contributed by atoms with Crippen LogP contribution >= 0.6 is 0 Å². The number of nitrogens with one attached hydrogen (secondary N) is 1. The topological polar surface area (TPSA) is 69.7 Å². The maximum Gasteiger partial charge on any atom is 0.312 e. The van der Waals surface area contributed by atoms with Gasteiger partial charge in [-0.2, -0.15) is 0 Å². The lowest BCUT2D eigenvalue weighted by Crippen LogP contribution is -2.59. The number of anilines is 1. The summed E-state index contributed by atoms with van der Waals surface area (Å²) in [7, 11) is 0. The van der Waals surface area contributed by atoms with Crippen molar-refractivity contribution >= 4 is 23.4 Å². The molecule has 0 radical (unpaired) electrons. The summed E-state index contributed by atoms with van der Waals surface area (Å²) >= 11 is 0. The van der Waals surface area contributed by atoms with E-state index in [9.17, 15) is 23.2 Å². The van der Waals surface area contributed by atoms with Crippen molar-refractivity contribution in [1.82, 2.24) is 9.80 Å². The highest BCUT2D eigenvalue weighted by molar-refractivity contribution is 6.35. The Morgan fingerprint density at radius 3 is 2.38 bits per heavy atom. The molecule has 3 amide bonds. The highest BCUT2D eigenvalue weighted by atomic mass is 19.1. The van der Waals surface area contributed by atoms with Crippen LogP contribution in [0.1, 0.15) is 18.9 Å². The standard InChI is InChI=1S/C21H21F2N3O3/c1-2-18(19(27)24-17-6-4-3-5-16(17)23)26-12-11-25(20(28)21(26)29)13-14-7-9-15(22)10-8-14/h3-10,18H,2,11-13H2,1H3,(H,24,27). The zero-order chi connectivity index (χ0) is 21.0. The molecule has 3 rings (SSSR count). The number of benzene rings is 2. The molecular weight excluding hydrogens is 380 g/mol. The zero-order valence-corrected chi connectivity index (χ0v) is 15.9. The number of hydrogen-bond donors (Lipinski definition) is 1. The van der Waals surface area contributed by atoms with Crippen molar-refractivity contribution in [1.29, 1.82) is 0 Å². The summed E-state index contributed by atoms with van der Waals surface area (Å²) in [6.45, 7) is 2.31. The van der Waals surface area contributed by atoms with Gasteiger partial charge in [0.05, 0.1) is 5.69 Å². The van der Waals surface area contributed by atoms with Gasteiger partial charge in [-0.05, 0) is 36.2 Å². The summed E-state index contributed by atoms with van der Waals surface area (Å²) < 4.78 is 26.8. The van der Waals surface area contributed by atoms with E-state index in [2.05, 4.69) is 5.32 Å². The van der Waals surface area contributed by atoms with Gasteiger partial charge in [0.1, 0.15) is 17.7 Å². The fraction of sp³-hybridized carbons (Fsp3) is 0.286. The minimum atomic E-state index is -0.890. The Balaban J connectivity index is 1.68. The Hall–Kier alpha value is -3.29. The molecule has 0 saturated carbocycles. The summed E-state index contributed by atoms with van der Waals surface area (Å²) in [5, 5.41) is 2.48. The van der Waals surface area contributed by atoms with Crippen molar-refractivity contribution in [3.8, 4) is 0 Å². The highest BCUT2D eigenvalue weighted by Gasteiger charge is 2.38. The smallest absolute Gasteiger partial charge is 0.312 e. The van der Waals surface area contributed by atoms with Crippen molar-refractivity contribution in [3.05, 3.63) is 65.7 Å². The van der Waals surface area contributed by atoms with Crippen molar-refractivity contribution in [2.75, 3.05) is 18.4 Å². The molecule has 2 aromatic carbocycles. The molecule has 8 heteroatoms. The second-order valence-electron chi connectivity index (χ2n) is 6.74. The van der Waals surface area contributed by atoms with E-state index >= 15 is 0 Å². The Kier molecular flexibility index (Phi) is 6.21. The highest BCUT2D eigenvalue weighted by Crippen LogP contribution is 2.18. The molecule has 1 aliphatic heterocycles. The van der Waals surface area contributed by atoms with E-state index in [4.69, 9.17) is 0 Å². The van der Waals surface area contributed by atoms with Gasteiger partial charge in [0.2, 0.25) is 5.91 Å². The summed E-state index contributed by atoms with van der Waals surface area (Å²) in [5.41, 5.74) is 0.718. The van der Waals surface area contributed by atoms with Gasteiger partial charge in [0.25, 0.3) is 0 Å². The fourth-order valence-corrected chi connectivity index (χ4v) is 3.27. The Morgan fingerprint density at radius 2 is 1.72 bits per heavy atom. The second-order valence-corrected chi connectivity index (χ2v) is 6.74. The Bertz CT molecular complexity index is 918. The first kappa shape index (κ1) is 20.4. The summed E-state index contributed by atoms with van der Waals surface area (Å²) in [4.78, 5) is 40.4. The van der Waals surface area contributed by atoms with Crippen LogP contribution in [-0.4, -0.2) is 46.7 Å². The number of carbonyl (C=O) groups excluding carboxylic acids is 3. The number of rotatable bonds is 6. The second kappa shape index (κ2) is 8.81. The molecule has 1 N–H and O–H groups in total. The van der Waals surface area contributed by atoms with Gasteiger partial charge in [-0.3, -0.25) is 14.4 Å². The monoisotopic (exact) mass is 401 g/mol. The number of piperazine rings is 1. The number of carbonyl (C=O) groups is 3. The van der Waals surface area contributed by atoms with Crippen molar-refractivity contribution < 1.29 is 23.2 Å². The van der Waals surface area contributed by atoms with Gasteiger partial charge in [-0.15, -0.1) is 0 Å². The van der Waals surface area contributed by atoms with Crippen LogP contribution in [0.25, 0.3) is 0 Å². The minimum absolute atomic E-state index is 0.0182. The van der Waals surface area contributed by atoms with E-state index in [0.29, 0.717) is 5.56 Å². The van der Waals surface area contributed by atoms with E-state index in [1.54, 1.807) is 25.1 Å². The van der Waals surface area contributed by atoms with E-state index in [1.807, 2.05) is 0 Å². The third kappa shape index (κ3) is 4.59. The normalized spacial score (nSPS) is 15.4. The Labute approximate surface area is 167 Å². The molecule has 1 unspecified atom stereocenters. The van der Waals surface area contributed by atoms with Gasteiger partial charge in [0.15, 0.2) is 0 Å². The van der Waals surface area contributed by atoms with Crippen molar-refractivity contribution in [2.24, 2.45) is 0 Å². The molecule has 29 heavy (non-hydrogen) atoms. The molecule has 0 aromatic heterocycles. The van der Waals surface area contributed by atoms with Crippen LogP contribution in [0.3, 0.4) is 0 Å². The number of amides is 3. The molecule has 6 nitrogen and oxygen atoms in total. The van der Waals surface area contributed by atoms with Gasteiger partial charge in [-0.25, -0.2) is 8.78 Å². The maximum atomic E-state index is 13.8. The fourth-order valence-electron chi connectivity index (χ4n) is 3.27. The Morgan fingerprint density at radius 1 is 1.03 bits per heavy atom. The molecule has 1 saturated heterocycles. The molecule has 1 aliphatic rings. The largest absolute Gasteiger partial charge is 0.328 e. The zero-order valence-electron chi connectivity index (χ0n) is 15.9. The van der Waals surface area contributed by atoms with E-state index in [1.165, 1.54) is 40.1 Å². The predicted molar refractivity (Wildman–Crippen MR) is 103 cm³/mol. The predicted octanol–water partition coefficient (Wildman–Crippen LogP) is 2.55. The molecule has 1 heterocycles. The third-order valence-electron chi connectivity index (χ3n) is 4.83. The van der Waals surface area contributed by atoms with Crippen LogP contribution in [0.15, 0.2) is 48.5 Å². The maximum absolute atomic E-state index is 13.8. The average molecular weight is 401 g/mol. The van der Waals surface area contributed by atoms with E-state index in [0.717, 1.165) is 0 Å². The van der Waals surface area contributed by atoms with Crippen LogP contribution in [-0.2, 0) is 20.9 Å². The summed E-state index contributed by atoms with van der Waals surface area (Å²) in [5.74, 6) is -3.02. The molecule has 0 spiro atoms. The molecule has 0 aliphatic carbocycles. The molecule has 0 bridgehead atoms. The number of nitrogens with zero attached hydrogens (tertiary/aromatic N) is 2. The number of hydrogen-bond acceptors (Lipinski definition) is 3. The molecular formula is C21H21F2N3O3. The van der Waals surface area contributed by atoms with Crippen LogP contribution in [0.5, 0.6) is 0 Å². The van der Waals surface area contributed by atoms with Gasteiger partial charge >= 0.3 is 11.8 Å². The quantitative estimate of drug-likeness (QED) is 0.757. The van der Waals surface area contributed by atoms with Crippen LogP contribution in [0.2, 0.25) is 0 Å². The molecule has 1 fully saturated rings. The van der Waals surface area contributed by atoms with Crippen molar-refractivity contribution in [3.63, 3.8) is 0 Å². The molecule has 1 atom stereocenters. The average Bonchev–Trinajstić information content (AvgIpc) is 2.71. The van der Waals surface area contributed by atoms with Crippen molar-refractivity contribution in [2.45, 2.75) is 25.9 Å². The molecule has 152 valence electrons. The first-order valence-electron chi connectivity index (χ1n) is 9.30. The molecule has 2 aromatic rings. The van der Waals surface area contributed by atoms with Gasteiger partial charge in [-0.1, -0.05) is 31.2 Å². The lowest BCUT2D eigenvalue weighted by Gasteiger charge is -2.37. The number of para-hydroxylation sites is 1. The van der Waals surface area contributed by atoms with E-state index < -0.39 is 29.6 Å². The SMILES string of the molecule is CCC(C(=O)Nc1ccccc1F)N1CCN(Cc2ccc(F)cc2)C(=O)C1=O. The first-order chi connectivity index (χ1) is 13.9.